The van der Waals surface area contributed by atoms with Crippen LogP contribution in [0, 0.1) is 12.8 Å². The number of halogens is 1. The summed E-state index contributed by atoms with van der Waals surface area (Å²) in [5.74, 6) is -1.33. The van der Waals surface area contributed by atoms with Gasteiger partial charge in [0.25, 0.3) is 0 Å². The molecule has 2 rings (SSSR count). The topological polar surface area (TPSA) is 69.6 Å². The van der Waals surface area contributed by atoms with Gasteiger partial charge in [0.2, 0.25) is 0 Å². The quantitative estimate of drug-likeness (QED) is 0.881. The number of nitrogens with zero attached hydrogens (tertiary/aromatic N) is 1. The maximum absolute atomic E-state index is 12.1. The second-order valence-corrected chi connectivity index (χ2v) is 5.44. The van der Waals surface area contributed by atoms with Crippen LogP contribution in [0.4, 0.5) is 10.5 Å². The summed E-state index contributed by atoms with van der Waals surface area (Å²) in [6.45, 7) is 2.73. The van der Waals surface area contributed by atoms with E-state index >= 15 is 0 Å². The summed E-state index contributed by atoms with van der Waals surface area (Å²) >= 11 is 6.06. The third kappa shape index (κ3) is 3.42. The molecular formula is C14H17ClN2O3. The van der Waals surface area contributed by atoms with E-state index < -0.39 is 11.9 Å². The molecule has 0 unspecified atom stereocenters. The van der Waals surface area contributed by atoms with Crippen molar-refractivity contribution in [1.29, 1.82) is 0 Å². The van der Waals surface area contributed by atoms with Crippen LogP contribution in [0.5, 0.6) is 0 Å². The Morgan fingerprint density at radius 1 is 1.45 bits per heavy atom. The van der Waals surface area contributed by atoms with Crippen LogP contribution in [0.15, 0.2) is 18.2 Å². The number of amides is 2. The van der Waals surface area contributed by atoms with Gasteiger partial charge in [-0.1, -0.05) is 17.7 Å². The summed E-state index contributed by atoms with van der Waals surface area (Å²) in [7, 11) is 0. The fraction of sp³-hybridized carbons (Fsp3) is 0.429. The van der Waals surface area contributed by atoms with E-state index in [1.54, 1.807) is 12.1 Å². The van der Waals surface area contributed by atoms with E-state index in [4.69, 9.17) is 16.7 Å². The zero-order valence-electron chi connectivity index (χ0n) is 11.2. The van der Waals surface area contributed by atoms with Crippen molar-refractivity contribution in [3.05, 3.63) is 28.8 Å². The van der Waals surface area contributed by atoms with Gasteiger partial charge in [-0.25, -0.2) is 4.79 Å². The predicted molar refractivity (Wildman–Crippen MR) is 77.1 cm³/mol. The molecule has 0 radical (unpaired) electrons. The van der Waals surface area contributed by atoms with Crippen molar-refractivity contribution in [2.24, 2.45) is 5.92 Å². The minimum absolute atomic E-state index is 0.241. The molecule has 0 saturated carbocycles. The Balaban J connectivity index is 2.02. The molecule has 1 heterocycles. The summed E-state index contributed by atoms with van der Waals surface area (Å²) < 4.78 is 0. The second kappa shape index (κ2) is 6.13. The molecule has 1 atom stereocenters. The number of piperidine rings is 1. The second-order valence-electron chi connectivity index (χ2n) is 5.04. The lowest BCUT2D eigenvalue weighted by Gasteiger charge is -2.30. The molecule has 0 aliphatic carbocycles. The lowest BCUT2D eigenvalue weighted by molar-refractivity contribution is -0.143. The average Bonchev–Trinajstić information content (AvgIpc) is 2.42. The number of nitrogens with one attached hydrogen (secondary N) is 1. The van der Waals surface area contributed by atoms with E-state index in [1.807, 2.05) is 13.0 Å². The molecule has 2 N–H and O–H groups in total. The van der Waals surface area contributed by atoms with Gasteiger partial charge >= 0.3 is 12.0 Å². The smallest absolute Gasteiger partial charge is 0.321 e. The van der Waals surface area contributed by atoms with Gasteiger partial charge in [0.15, 0.2) is 0 Å². The molecule has 1 aliphatic rings. The number of carbonyl (C=O) groups excluding carboxylic acids is 1. The third-order valence-corrected chi connectivity index (χ3v) is 3.74. The van der Waals surface area contributed by atoms with E-state index in [0.717, 1.165) is 5.56 Å². The Morgan fingerprint density at radius 2 is 2.20 bits per heavy atom. The largest absolute Gasteiger partial charge is 0.481 e. The van der Waals surface area contributed by atoms with Crippen molar-refractivity contribution in [3.63, 3.8) is 0 Å². The molecule has 2 amide bonds. The fourth-order valence-electron chi connectivity index (χ4n) is 2.28. The Hall–Kier alpha value is -1.75. The summed E-state index contributed by atoms with van der Waals surface area (Å²) in [6, 6.07) is 5.07. The summed E-state index contributed by atoms with van der Waals surface area (Å²) in [4.78, 5) is 24.7. The summed E-state index contributed by atoms with van der Waals surface area (Å²) in [5, 5.41) is 12.2. The molecule has 108 valence electrons. The average molecular weight is 297 g/mol. The molecule has 1 aliphatic heterocycles. The third-order valence-electron chi connectivity index (χ3n) is 3.42. The first-order valence-electron chi connectivity index (χ1n) is 6.52. The van der Waals surface area contributed by atoms with Crippen LogP contribution in [0.25, 0.3) is 0 Å². The molecule has 0 aromatic heterocycles. The molecule has 5 nitrogen and oxygen atoms in total. The Labute approximate surface area is 122 Å². The molecule has 20 heavy (non-hydrogen) atoms. The van der Waals surface area contributed by atoms with Gasteiger partial charge in [-0.3, -0.25) is 4.79 Å². The lowest BCUT2D eigenvalue weighted by Crippen LogP contribution is -2.44. The van der Waals surface area contributed by atoms with Gasteiger partial charge in [-0.15, -0.1) is 0 Å². The Bertz CT molecular complexity index is 533. The van der Waals surface area contributed by atoms with E-state index in [-0.39, 0.29) is 12.6 Å². The van der Waals surface area contributed by atoms with Crippen LogP contribution in [-0.2, 0) is 4.79 Å². The number of carboxylic acids is 1. The van der Waals surface area contributed by atoms with Crippen molar-refractivity contribution >= 4 is 29.3 Å². The van der Waals surface area contributed by atoms with Crippen LogP contribution < -0.4 is 5.32 Å². The van der Waals surface area contributed by atoms with Gasteiger partial charge in [0, 0.05) is 13.1 Å². The number of rotatable bonds is 2. The van der Waals surface area contributed by atoms with E-state index in [2.05, 4.69) is 5.32 Å². The van der Waals surface area contributed by atoms with Gasteiger partial charge in [0.1, 0.15) is 0 Å². The van der Waals surface area contributed by atoms with Crippen LogP contribution in [0.1, 0.15) is 18.4 Å². The highest BCUT2D eigenvalue weighted by atomic mass is 35.5. The SMILES string of the molecule is Cc1ccc(NC(=O)N2CCC[C@H](C(=O)O)C2)c(Cl)c1. The number of hydrogen-bond acceptors (Lipinski definition) is 2. The number of benzene rings is 1. The van der Waals surface area contributed by atoms with Crippen molar-refractivity contribution in [3.8, 4) is 0 Å². The van der Waals surface area contributed by atoms with Crippen molar-refractivity contribution in [2.75, 3.05) is 18.4 Å². The first kappa shape index (κ1) is 14.7. The number of aliphatic carboxylic acids is 1. The van der Waals surface area contributed by atoms with Crippen molar-refractivity contribution < 1.29 is 14.7 Å². The number of hydrogen-bond donors (Lipinski definition) is 2. The van der Waals surface area contributed by atoms with Gasteiger partial charge in [-0.2, -0.15) is 0 Å². The number of likely N-dealkylation sites (tertiary alicyclic amines) is 1. The van der Waals surface area contributed by atoms with Crippen molar-refractivity contribution in [2.45, 2.75) is 19.8 Å². The Kier molecular flexibility index (Phi) is 4.49. The van der Waals surface area contributed by atoms with Crippen LogP contribution in [0.2, 0.25) is 5.02 Å². The maximum Gasteiger partial charge on any atom is 0.321 e. The first-order chi connectivity index (χ1) is 9.47. The molecule has 1 fully saturated rings. The van der Waals surface area contributed by atoms with Crippen LogP contribution in [0.3, 0.4) is 0 Å². The number of carboxylic acid groups (broad SMARTS) is 1. The zero-order chi connectivity index (χ0) is 14.7. The molecule has 6 heteroatoms. The van der Waals surface area contributed by atoms with E-state index in [0.29, 0.717) is 30.1 Å². The van der Waals surface area contributed by atoms with Gasteiger partial charge in [-0.05, 0) is 37.5 Å². The summed E-state index contributed by atoms with van der Waals surface area (Å²) in [5.41, 5.74) is 1.55. The number of aryl methyl sites for hydroxylation is 1. The molecule has 1 saturated heterocycles. The number of anilines is 1. The molecule has 0 bridgehead atoms. The standard InChI is InChI=1S/C14H17ClN2O3/c1-9-4-5-12(11(15)7-9)16-14(20)17-6-2-3-10(8-17)13(18)19/h4-5,7,10H,2-3,6,8H2,1H3,(H,16,20)(H,18,19)/t10-/m0/s1. The zero-order valence-corrected chi connectivity index (χ0v) is 12.0. The highest BCUT2D eigenvalue weighted by Crippen LogP contribution is 2.24. The van der Waals surface area contributed by atoms with Crippen LogP contribution >= 0.6 is 11.6 Å². The molecule has 1 aromatic carbocycles. The fourth-order valence-corrected chi connectivity index (χ4v) is 2.56. The maximum atomic E-state index is 12.1. The molecular weight excluding hydrogens is 280 g/mol. The molecule has 0 spiro atoms. The monoisotopic (exact) mass is 296 g/mol. The minimum atomic E-state index is -0.851. The van der Waals surface area contributed by atoms with Gasteiger partial charge < -0.3 is 15.3 Å². The lowest BCUT2D eigenvalue weighted by atomic mass is 9.99. The summed E-state index contributed by atoms with van der Waals surface area (Å²) in [6.07, 6.45) is 1.32. The molecule has 1 aromatic rings. The van der Waals surface area contributed by atoms with Gasteiger partial charge in [0.05, 0.1) is 16.6 Å². The van der Waals surface area contributed by atoms with Crippen LogP contribution in [-0.4, -0.2) is 35.1 Å². The highest BCUT2D eigenvalue weighted by Gasteiger charge is 2.28. The number of urea groups is 1. The first-order valence-corrected chi connectivity index (χ1v) is 6.90. The van der Waals surface area contributed by atoms with E-state index in [9.17, 15) is 9.59 Å². The Morgan fingerprint density at radius 3 is 2.85 bits per heavy atom. The normalized spacial score (nSPS) is 18.7. The number of carbonyl (C=O) groups is 2. The van der Waals surface area contributed by atoms with Crippen molar-refractivity contribution in [1.82, 2.24) is 4.90 Å². The van der Waals surface area contributed by atoms with E-state index in [1.165, 1.54) is 4.90 Å². The predicted octanol–water partition coefficient (Wildman–Crippen LogP) is 2.98. The minimum Gasteiger partial charge on any atom is -0.481 e. The highest BCUT2D eigenvalue weighted by molar-refractivity contribution is 6.33.